The Morgan fingerprint density at radius 2 is 1.52 bits per heavy atom. The van der Waals surface area contributed by atoms with Crippen molar-refractivity contribution < 1.29 is 31.5 Å². The van der Waals surface area contributed by atoms with Crippen molar-refractivity contribution in [3.8, 4) is 0 Å². The number of halogens is 5. The minimum Gasteiger partial charge on any atom is -0.325 e. The van der Waals surface area contributed by atoms with Crippen LogP contribution in [0.5, 0.6) is 0 Å². The lowest BCUT2D eigenvalue weighted by molar-refractivity contribution is -0.137. The van der Waals surface area contributed by atoms with Crippen molar-refractivity contribution in [2.45, 2.75) is 19.0 Å². The number of hydrogen-bond acceptors (Lipinski definition) is 2. The van der Waals surface area contributed by atoms with Crippen LogP contribution in [0.25, 0.3) is 0 Å². The number of hydrogen-bond donors (Lipinski definition) is 2. The van der Waals surface area contributed by atoms with E-state index >= 15 is 0 Å². The van der Waals surface area contributed by atoms with E-state index in [1.807, 2.05) is 0 Å². The SMILES string of the molecule is O=C(Nc1ccc(F)c(F)c1)C1(C(=O)Nc2ccccc2C(F)(F)F)CC1. The van der Waals surface area contributed by atoms with Gasteiger partial charge in [-0.3, -0.25) is 9.59 Å². The van der Waals surface area contributed by atoms with Gasteiger partial charge in [0.1, 0.15) is 5.41 Å². The van der Waals surface area contributed by atoms with Crippen molar-refractivity contribution >= 4 is 23.2 Å². The van der Waals surface area contributed by atoms with Gasteiger partial charge in [-0.25, -0.2) is 8.78 Å². The summed E-state index contributed by atoms with van der Waals surface area (Å²) < 4.78 is 65.3. The Bertz CT molecular complexity index is 907. The van der Waals surface area contributed by atoms with Crippen LogP contribution in [-0.4, -0.2) is 11.8 Å². The van der Waals surface area contributed by atoms with E-state index in [1.165, 1.54) is 12.1 Å². The Kier molecular flexibility index (Phi) is 4.63. The summed E-state index contributed by atoms with van der Waals surface area (Å²) in [4.78, 5) is 24.9. The summed E-state index contributed by atoms with van der Waals surface area (Å²) >= 11 is 0. The molecule has 0 aromatic heterocycles. The molecule has 0 atom stereocenters. The second-order valence-electron chi connectivity index (χ2n) is 6.16. The number of nitrogens with one attached hydrogen (secondary N) is 2. The van der Waals surface area contributed by atoms with E-state index in [4.69, 9.17) is 0 Å². The fraction of sp³-hybridized carbons (Fsp3) is 0.222. The first-order valence-corrected chi connectivity index (χ1v) is 7.88. The molecule has 2 aromatic carbocycles. The Hall–Kier alpha value is -2.97. The van der Waals surface area contributed by atoms with E-state index in [1.54, 1.807) is 0 Å². The Morgan fingerprint density at radius 3 is 2.11 bits per heavy atom. The molecule has 2 amide bonds. The average molecular weight is 384 g/mol. The normalized spacial score (nSPS) is 15.1. The molecular formula is C18H13F5N2O2. The number of carbonyl (C=O) groups is 2. The maximum atomic E-state index is 13.2. The van der Waals surface area contributed by atoms with Crippen molar-refractivity contribution in [1.82, 2.24) is 0 Å². The minimum absolute atomic E-state index is 0.0614. The lowest BCUT2D eigenvalue weighted by Crippen LogP contribution is -2.36. The number of amides is 2. The second-order valence-corrected chi connectivity index (χ2v) is 6.16. The quantitative estimate of drug-likeness (QED) is 0.609. The number of carbonyl (C=O) groups excluding carboxylic acids is 2. The van der Waals surface area contributed by atoms with Crippen LogP contribution < -0.4 is 10.6 Å². The number of benzene rings is 2. The van der Waals surface area contributed by atoms with Gasteiger partial charge in [0.05, 0.1) is 11.3 Å². The first-order chi connectivity index (χ1) is 12.6. The van der Waals surface area contributed by atoms with Gasteiger partial charge in [0.2, 0.25) is 11.8 Å². The van der Waals surface area contributed by atoms with Gasteiger partial charge in [0.25, 0.3) is 0 Å². The number of para-hydroxylation sites is 1. The van der Waals surface area contributed by atoms with Gasteiger partial charge in [-0.15, -0.1) is 0 Å². The molecule has 1 fully saturated rings. The van der Waals surface area contributed by atoms with Crippen LogP contribution >= 0.6 is 0 Å². The molecule has 2 aromatic rings. The predicted octanol–water partition coefficient (Wildman–Crippen LogP) is 4.34. The van der Waals surface area contributed by atoms with Gasteiger partial charge in [-0.1, -0.05) is 12.1 Å². The van der Waals surface area contributed by atoms with E-state index in [-0.39, 0.29) is 18.5 Å². The zero-order valence-corrected chi connectivity index (χ0v) is 13.7. The lowest BCUT2D eigenvalue weighted by Gasteiger charge is -2.18. The summed E-state index contributed by atoms with van der Waals surface area (Å²) in [5.41, 5.74) is -3.10. The molecule has 9 heteroatoms. The molecule has 27 heavy (non-hydrogen) atoms. The fourth-order valence-corrected chi connectivity index (χ4v) is 2.59. The summed E-state index contributed by atoms with van der Waals surface area (Å²) in [7, 11) is 0. The largest absolute Gasteiger partial charge is 0.418 e. The van der Waals surface area contributed by atoms with E-state index < -0.39 is 46.3 Å². The molecule has 2 N–H and O–H groups in total. The van der Waals surface area contributed by atoms with Crippen LogP contribution in [-0.2, 0) is 15.8 Å². The van der Waals surface area contributed by atoms with Gasteiger partial charge in [-0.05, 0) is 37.1 Å². The van der Waals surface area contributed by atoms with Gasteiger partial charge >= 0.3 is 6.18 Å². The zero-order valence-electron chi connectivity index (χ0n) is 13.7. The molecule has 0 spiro atoms. The number of anilines is 2. The van der Waals surface area contributed by atoms with E-state index in [2.05, 4.69) is 10.6 Å². The maximum Gasteiger partial charge on any atom is 0.418 e. The first kappa shape index (κ1) is 18.8. The molecule has 1 aliphatic carbocycles. The Labute approximate surface area is 150 Å². The molecule has 3 rings (SSSR count). The van der Waals surface area contributed by atoms with Gasteiger partial charge in [0, 0.05) is 11.8 Å². The molecular weight excluding hydrogens is 371 g/mol. The van der Waals surface area contributed by atoms with Crippen molar-refractivity contribution in [1.29, 1.82) is 0 Å². The fourth-order valence-electron chi connectivity index (χ4n) is 2.59. The molecule has 4 nitrogen and oxygen atoms in total. The highest BCUT2D eigenvalue weighted by molar-refractivity contribution is 6.17. The minimum atomic E-state index is -4.67. The smallest absolute Gasteiger partial charge is 0.325 e. The molecule has 0 unspecified atom stereocenters. The second kappa shape index (κ2) is 6.64. The van der Waals surface area contributed by atoms with E-state index in [9.17, 15) is 31.5 Å². The van der Waals surface area contributed by atoms with Gasteiger partial charge in [0.15, 0.2) is 11.6 Å². The van der Waals surface area contributed by atoms with E-state index in [0.717, 1.165) is 30.3 Å². The van der Waals surface area contributed by atoms with Crippen molar-refractivity contribution in [3.05, 3.63) is 59.7 Å². The first-order valence-electron chi connectivity index (χ1n) is 7.88. The monoisotopic (exact) mass is 384 g/mol. The molecule has 0 aliphatic heterocycles. The number of alkyl halides is 3. The molecule has 0 bridgehead atoms. The molecule has 0 saturated heterocycles. The summed E-state index contributed by atoms with van der Waals surface area (Å²) in [6, 6.07) is 7.08. The van der Waals surface area contributed by atoms with E-state index in [0.29, 0.717) is 0 Å². The average Bonchev–Trinajstić information content (AvgIpc) is 3.40. The molecule has 142 valence electrons. The van der Waals surface area contributed by atoms with Gasteiger partial charge < -0.3 is 10.6 Å². The van der Waals surface area contributed by atoms with Crippen LogP contribution in [0.15, 0.2) is 42.5 Å². The Morgan fingerprint density at radius 1 is 0.889 bits per heavy atom. The zero-order chi connectivity index (χ0) is 19.8. The van der Waals surface area contributed by atoms with Crippen molar-refractivity contribution in [2.24, 2.45) is 5.41 Å². The standard InChI is InChI=1S/C18H13F5N2O2/c19-12-6-5-10(9-13(12)20)24-15(26)17(7-8-17)16(27)25-14-4-2-1-3-11(14)18(21,22)23/h1-6,9H,7-8H2,(H,24,26)(H,25,27). The van der Waals surface area contributed by atoms with Crippen LogP contribution in [0.2, 0.25) is 0 Å². The molecule has 1 saturated carbocycles. The maximum absolute atomic E-state index is 13.2. The highest BCUT2D eigenvalue weighted by atomic mass is 19.4. The van der Waals surface area contributed by atoms with Crippen molar-refractivity contribution in [3.63, 3.8) is 0 Å². The highest BCUT2D eigenvalue weighted by Gasteiger charge is 2.56. The topological polar surface area (TPSA) is 58.2 Å². The van der Waals surface area contributed by atoms with Crippen LogP contribution in [0, 0.1) is 17.0 Å². The van der Waals surface area contributed by atoms with Crippen LogP contribution in [0.4, 0.5) is 33.3 Å². The van der Waals surface area contributed by atoms with Crippen LogP contribution in [0.3, 0.4) is 0 Å². The third kappa shape index (κ3) is 3.76. The Balaban J connectivity index is 1.77. The molecule has 1 aliphatic rings. The van der Waals surface area contributed by atoms with Crippen LogP contribution in [0.1, 0.15) is 18.4 Å². The van der Waals surface area contributed by atoms with Crippen molar-refractivity contribution in [2.75, 3.05) is 10.6 Å². The predicted molar refractivity (Wildman–Crippen MR) is 86.7 cm³/mol. The molecule has 0 radical (unpaired) electrons. The summed E-state index contributed by atoms with van der Waals surface area (Å²) in [5.74, 6) is -3.97. The third-order valence-electron chi connectivity index (χ3n) is 4.28. The lowest BCUT2D eigenvalue weighted by atomic mass is 10.0. The van der Waals surface area contributed by atoms with Gasteiger partial charge in [-0.2, -0.15) is 13.2 Å². The highest BCUT2D eigenvalue weighted by Crippen LogP contribution is 2.48. The molecule has 0 heterocycles. The number of rotatable bonds is 4. The summed E-state index contributed by atoms with van der Waals surface area (Å²) in [5, 5.41) is 4.45. The summed E-state index contributed by atoms with van der Waals surface area (Å²) in [6.45, 7) is 0. The third-order valence-corrected chi connectivity index (χ3v) is 4.28. The summed E-state index contributed by atoms with van der Waals surface area (Å²) in [6.07, 6.45) is -4.42.